The number of nitrogens with one attached hydrogen (secondary N) is 1. The van der Waals surface area contributed by atoms with Gasteiger partial charge in [0.25, 0.3) is 11.8 Å². The number of benzene rings is 2. The maximum atomic E-state index is 14.0. The minimum absolute atomic E-state index is 0.147. The lowest BCUT2D eigenvalue weighted by Gasteiger charge is -2.11. The quantitative estimate of drug-likeness (QED) is 0.293. The molecule has 0 unspecified atom stereocenters. The highest BCUT2D eigenvalue weighted by atomic mass is 35.5. The second kappa shape index (κ2) is 8.62. The molecule has 2 aromatic heterocycles. The number of carbonyl (C=O) groups excluding carboxylic acids is 1. The zero-order valence-corrected chi connectivity index (χ0v) is 16.0. The van der Waals surface area contributed by atoms with Crippen LogP contribution in [0, 0.1) is 5.82 Å². The zero-order chi connectivity index (χ0) is 20.9. The third kappa shape index (κ3) is 4.23. The summed E-state index contributed by atoms with van der Waals surface area (Å²) in [5, 5.41) is 5.57. The van der Waals surface area contributed by atoms with Gasteiger partial charge in [0.15, 0.2) is 0 Å². The second-order valence-corrected chi connectivity index (χ2v) is 6.37. The van der Waals surface area contributed by atoms with Crippen LogP contribution in [0.15, 0.2) is 72.2 Å². The first kappa shape index (κ1) is 19.4. The summed E-state index contributed by atoms with van der Waals surface area (Å²) in [5.41, 5.74) is 3.32. The van der Waals surface area contributed by atoms with E-state index >= 15 is 0 Å². The molecule has 0 bridgehead atoms. The van der Waals surface area contributed by atoms with E-state index in [1.54, 1.807) is 24.4 Å². The Hall–Kier alpha value is -3.91. The third-order valence-electron chi connectivity index (χ3n) is 4.10. The van der Waals surface area contributed by atoms with Crippen molar-refractivity contribution in [1.82, 2.24) is 20.4 Å². The molecule has 1 amide bonds. The van der Waals surface area contributed by atoms with Crippen molar-refractivity contribution in [3.8, 4) is 11.6 Å². The Morgan fingerprint density at radius 1 is 1.13 bits per heavy atom. The maximum Gasteiger partial charge on any atom is 0.272 e. The molecule has 0 saturated heterocycles. The average Bonchev–Trinajstić information content (AvgIpc) is 2.78. The SMILES string of the molecule is O=C(N/N=C\c1c(Oc2nc(Cl)ncc2F)ccc2ccccc12)c1cccnc1. The number of ether oxygens (including phenoxy) is 1. The summed E-state index contributed by atoms with van der Waals surface area (Å²) in [4.78, 5) is 23.4. The molecule has 1 N–H and O–H groups in total. The highest BCUT2D eigenvalue weighted by molar-refractivity contribution is 6.28. The van der Waals surface area contributed by atoms with Crippen molar-refractivity contribution in [1.29, 1.82) is 0 Å². The van der Waals surface area contributed by atoms with E-state index < -0.39 is 11.7 Å². The van der Waals surface area contributed by atoms with Gasteiger partial charge in [0.2, 0.25) is 11.1 Å². The molecule has 2 heterocycles. The summed E-state index contributed by atoms with van der Waals surface area (Å²) in [6, 6.07) is 14.2. The molecule has 0 spiro atoms. The standard InChI is InChI=1S/C21H13ClFN5O2/c22-21-25-12-17(23)20(27-21)30-18-8-7-13-4-1-2-6-15(13)16(18)11-26-28-19(29)14-5-3-9-24-10-14/h1-12H,(H,28,29)/b26-11-. The molecule has 0 atom stereocenters. The minimum Gasteiger partial charge on any atom is -0.436 e. The lowest BCUT2D eigenvalue weighted by atomic mass is 10.0. The minimum atomic E-state index is -0.764. The van der Waals surface area contributed by atoms with Gasteiger partial charge in [-0.15, -0.1) is 0 Å². The molecule has 0 saturated carbocycles. The molecule has 0 fully saturated rings. The van der Waals surface area contributed by atoms with Crippen LogP contribution in [-0.2, 0) is 0 Å². The topological polar surface area (TPSA) is 89.4 Å². The molecular formula is C21H13ClFN5O2. The fraction of sp³-hybridized carbons (Fsp3) is 0. The summed E-state index contributed by atoms with van der Waals surface area (Å²) in [7, 11) is 0. The van der Waals surface area contributed by atoms with Gasteiger partial charge in [0.05, 0.1) is 18.0 Å². The van der Waals surface area contributed by atoms with Gasteiger partial charge in [0, 0.05) is 18.0 Å². The first-order chi connectivity index (χ1) is 14.6. The zero-order valence-electron chi connectivity index (χ0n) is 15.3. The second-order valence-electron chi connectivity index (χ2n) is 6.03. The van der Waals surface area contributed by atoms with Crippen molar-refractivity contribution in [3.05, 3.63) is 89.3 Å². The summed E-state index contributed by atoms with van der Waals surface area (Å²) in [6.07, 6.45) is 5.34. The molecule has 0 aliphatic carbocycles. The van der Waals surface area contributed by atoms with Crippen molar-refractivity contribution in [2.24, 2.45) is 5.10 Å². The molecule has 2 aromatic carbocycles. The highest BCUT2D eigenvalue weighted by Crippen LogP contribution is 2.31. The van der Waals surface area contributed by atoms with Crippen LogP contribution < -0.4 is 10.2 Å². The molecule has 148 valence electrons. The molecular weight excluding hydrogens is 409 g/mol. The number of halogens is 2. The van der Waals surface area contributed by atoms with Crippen LogP contribution in [-0.4, -0.2) is 27.1 Å². The van der Waals surface area contributed by atoms with Crippen molar-refractivity contribution < 1.29 is 13.9 Å². The van der Waals surface area contributed by atoms with E-state index in [9.17, 15) is 9.18 Å². The number of amides is 1. The molecule has 4 aromatic rings. The van der Waals surface area contributed by atoms with Gasteiger partial charge in [-0.1, -0.05) is 30.3 Å². The van der Waals surface area contributed by atoms with Gasteiger partial charge >= 0.3 is 0 Å². The molecule has 30 heavy (non-hydrogen) atoms. The van der Waals surface area contributed by atoms with E-state index in [0.29, 0.717) is 11.1 Å². The van der Waals surface area contributed by atoms with Gasteiger partial charge in [0.1, 0.15) is 5.75 Å². The smallest absolute Gasteiger partial charge is 0.272 e. The van der Waals surface area contributed by atoms with Crippen molar-refractivity contribution in [2.45, 2.75) is 0 Å². The number of fused-ring (bicyclic) bond motifs is 1. The Kier molecular flexibility index (Phi) is 5.58. The highest BCUT2D eigenvalue weighted by Gasteiger charge is 2.13. The predicted octanol–water partition coefficient (Wildman–Crippen LogP) is 4.37. The van der Waals surface area contributed by atoms with Gasteiger partial charge < -0.3 is 4.74 Å². The lowest BCUT2D eigenvalue weighted by Crippen LogP contribution is -2.17. The fourth-order valence-corrected chi connectivity index (χ4v) is 2.85. The number of rotatable bonds is 5. The third-order valence-corrected chi connectivity index (χ3v) is 4.29. The van der Waals surface area contributed by atoms with Gasteiger partial charge in [-0.25, -0.2) is 10.4 Å². The Morgan fingerprint density at radius 2 is 2.00 bits per heavy atom. The van der Waals surface area contributed by atoms with Gasteiger partial charge in [-0.2, -0.15) is 14.5 Å². The Labute approximate surface area is 175 Å². The van der Waals surface area contributed by atoms with E-state index in [0.717, 1.165) is 17.0 Å². The van der Waals surface area contributed by atoms with E-state index in [1.807, 2.05) is 30.3 Å². The number of carbonyl (C=O) groups is 1. The maximum absolute atomic E-state index is 14.0. The molecule has 0 aliphatic heterocycles. The molecule has 4 rings (SSSR count). The van der Waals surface area contributed by atoms with Crippen LogP contribution in [0.3, 0.4) is 0 Å². The first-order valence-electron chi connectivity index (χ1n) is 8.73. The van der Waals surface area contributed by atoms with Crippen LogP contribution in [0.25, 0.3) is 10.8 Å². The number of hydrazone groups is 1. The van der Waals surface area contributed by atoms with E-state index in [1.165, 1.54) is 12.4 Å². The Balaban J connectivity index is 1.68. The Morgan fingerprint density at radius 3 is 2.83 bits per heavy atom. The van der Waals surface area contributed by atoms with E-state index in [2.05, 4.69) is 25.5 Å². The van der Waals surface area contributed by atoms with E-state index in [-0.39, 0.29) is 16.9 Å². The number of pyridine rings is 1. The van der Waals surface area contributed by atoms with Crippen molar-refractivity contribution in [2.75, 3.05) is 0 Å². The molecule has 7 nitrogen and oxygen atoms in total. The number of hydrogen-bond donors (Lipinski definition) is 1. The predicted molar refractivity (Wildman–Crippen MR) is 110 cm³/mol. The summed E-state index contributed by atoms with van der Waals surface area (Å²) >= 11 is 5.75. The van der Waals surface area contributed by atoms with Crippen LogP contribution >= 0.6 is 11.6 Å². The summed E-state index contributed by atoms with van der Waals surface area (Å²) < 4.78 is 19.7. The van der Waals surface area contributed by atoms with E-state index in [4.69, 9.17) is 16.3 Å². The van der Waals surface area contributed by atoms with Gasteiger partial charge in [-0.05, 0) is 40.6 Å². The van der Waals surface area contributed by atoms with Crippen LogP contribution in [0.5, 0.6) is 11.6 Å². The summed E-state index contributed by atoms with van der Waals surface area (Å²) in [6.45, 7) is 0. The molecule has 0 aliphatic rings. The Bertz CT molecular complexity index is 1250. The molecule has 9 heteroatoms. The fourth-order valence-electron chi connectivity index (χ4n) is 2.72. The van der Waals surface area contributed by atoms with Crippen LogP contribution in [0.1, 0.15) is 15.9 Å². The average molecular weight is 422 g/mol. The van der Waals surface area contributed by atoms with Gasteiger partial charge in [-0.3, -0.25) is 9.78 Å². The molecule has 0 radical (unpaired) electrons. The van der Waals surface area contributed by atoms with Crippen LogP contribution in [0.4, 0.5) is 4.39 Å². The summed E-state index contributed by atoms with van der Waals surface area (Å²) in [5.74, 6) is -1.22. The van der Waals surface area contributed by atoms with Crippen molar-refractivity contribution >= 4 is 34.5 Å². The largest absolute Gasteiger partial charge is 0.436 e. The number of nitrogens with zero attached hydrogens (tertiary/aromatic N) is 4. The monoisotopic (exact) mass is 421 g/mol. The number of hydrogen-bond acceptors (Lipinski definition) is 6. The first-order valence-corrected chi connectivity index (χ1v) is 9.10. The number of aromatic nitrogens is 3. The van der Waals surface area contributed by atoms with Crippen molar-refractivity contribution in [3.63, 3.8) is 0 Å². The van der Waals surface area contributed by atoms with Crippen LogP contribution in [0.2, 0.25) is 5.28 Å². The lowest BCUT2D eigenvalue weighted by molar-refractivity contribution is 0.0954. The normalized spacial score (nSPS) is 11.0.